The van der Waals surface area contributed by atoms with E-state index in [9.17, 15) is 41.1 Å². The number of thioether (sulfide) groups is 1. The Morgan fingerprint density at radius 3 is 2.27 bits per heavy atom. The molecule has 1 heterocycles. The number of carbonyl (C=O) groups excluding carboxylic acids is 2. The summed E-state index contributed by atoms with van der Waals surface area (Å²) >= 11 is 1.02. The number of hydrogen-bond acceptors (Lipinski definition) is 8. The highest BCUT2D eigenvalue weighted by atomic mass is 32.3. The number of nitrogens with one attached hydrogen (secondary N) is 4. The van der Waals surface area contributed by atoms with Crippen molar-refractivity contribution < 1.29 is 45.8 Å². The average molecular weight is 605 g/mol. The van der Waals surface area contributed by atoms with Gasteiger partial charge in [-0.2, -0.15) is 0 Å². The molecule has 40 heavy (non-hydrogen) atoms. The van der Waals surface area contributed by atoms with Crippen molar-refractivity contribution in [1.82, 2.24) is 21.3 Å². The third kappa shape index (κ3) is 8.25. The number of carboxylic acid groups (broad SMARTS) is 1. The lowest BCUT2D eigenvalue weighted by Gasteiger charge is -2.25. The molecule has 0 spiro atoms. The first kappa shape index (κ1) is 31.0. The van der Waals surface area contributed by atoms with Crippen LogP contribution >= 0.6 is 11.8 Å². The first-order chi connectivity index (χ1) is 18.6. The number of sulfone groups is 1. The summed E-state index contributed by atoms with van der Waals surface area (Å²) in [5, 5.41) is 19.4. The second-order valence-corrected chi connectivity index (χ2v) is 13.3. The fourth-order valence-electron chi connectivity index (χ4n) is 3.70. The number of alkyl halides is 3. The number of carbonyl (C=O) groups is 3. The maximum Gasteiger partial charge on any atom is 0.573 e. The van der Waals surface area contributed by atoms with Crippen LogP contribution in [0.2, 0.25) is 0 Å². The molecule has 0 bridgehead atoms. The quantitative estimate of drug-likeness (QED) is 0.274. The van der Waals surface area contributed by atoms with Gasteiger partial charge >= 0.3 is 18.4 Å². The van der Waals surface area contributed by atoms with Crippen molar-refractivity contribution in [2.75, 3.05) is 6.54 Å². The Balaban J connectivity index is 1.54. The van der Waals surface area contributed by atoms with Crippen molar-refractivity contribution in [3.8, 4) is 5.75 Å². The number of hydrogen-bond donors (Lipinski definition) is 5. The van der Waals surface area contributed by atoms with Gasteiger partial charge in [-0.05, 0) is 43.7 Å². The van der Waals surface area contributed by atoms with Gasteiger partial charge in [0.1, 0.15) is 17.8 Å². The first-order valence-electron chi connectivity index (χ1n) is 11.7. The molecule has 3 unspecified atom stereocenters. The summed E-state index contributed by atoms with van der Waals surface area (Å²) in [4.78, 5) is 37.0. The fraction of sp³-hybridized carbons (Fsp3) is 0.375. The number of amides is 3. The molecule has 2 aromatic rings. The summed E-state index contributed by atoms with van der Waals surface area (Å²) in [7, 11) is -3.85. The standard InChI is InChI=1S/C24H27F3N4O7S2/c1-23(2)18(31-22(39-23)40(36,37)16-6-4-3-5-7-16)19(32)30-17(20(33)34)13-29-21(35)28-12-14-8-10-15(11-9-14)38-24(25,26)27/h3-11,17-18,22,31H,12-13H2,1-2H3,(H,30,32)(H,33,34)(H2,28,29,35). The summed E-state index contributed by atoms with van der Waals surface area (Å²) in [5.41, 5.74) is 0.444. The van der Waals surface area contributed by atoms with E-state index >= 15 is 0 Å². The molecule has 3 rings (SSSR count). The number of urea groups is 1. The van der Waals surface area contributed by atoms with E-state index in [1.165, 1.54) is 24.3 Å². The minimum Gasteiger partial charge on any atom is -0.480 e. The van der Waals surface area contributed by atoms with E-state index in [0.29, 0.717) is 5.56 Å². The normalized spacial score (nSPS) is 19.3. The Kier molecular flexibility index (Phi) is 9.58. The molecule has 1 saturated heterocycles. The molecular weight excluding hydrogens is 577 g/mol. The van der Waals surface area contributed by atoms with Crippen LogP contribution in [0, 0.1) is 0 Å². The highest BCUT2D eigenvalue weighted by molar-refractivity contribution is 8.14. The van der Waals surface area contributed by atoms with E-state index in [0.717, 1.165) is 23.9 Å². The number of rotatable bonds is 10. The van der Waals surface area contributed by atoms with Crippen LogP contribution in [-0.4, -0.2) is 65.9 Å². The van der Waals surface area contributed by atoms with Gasteiger partial charge in [0.25, 0.3) is 0 Å². The van der Waals surface area contributed by atoms with Crippen molar-refractivity contribution >= 4 is 39.5 Å². The zero-order valence-corrected chi connectivity index (χ0v) is 22.8. The second kappa shape index (κ2) is 12.3. The zero-order chi connectivity index (χ0) is 29.7. The molecule has 11 nitrogen and oxygen atoms in total. The second-order valence-electron chi connectivity index (χ2n) is 9.17. The molecule has 0 aromatic heterocycles. The number of halogens is 3. The monoisotopic (exact) mass is 604 g/mol. The Labute approximate surface area is 232 Å². The maximum absolute atomic E-state index is 13.0. The van der Waals surface area contributed by atoms with E-state index in [-0.39, 0.29) is 11.4 Å². The number of carboxylic acids is 1. The zero-order valence-electron chi connectivity index (χ0n) is 21.2. The van der Waals surface area contributed by atoms with E-state index in [4.69, 9.17) is 0 Å². The van der Waals surface area contributed by atoms with Gasteiger partial charge in [-0.1, -0.05) is 30.3 Å². The number of benzene rings is 2. The molecule has 3 atom stereocenters. The summed E-state index contributed by atoms with van der Waals surface area (Å²) in [6.45, 7) is 2.71. The van der Waals surface area contributed by atoms with Crippen molar-refractivity contribution in [1.29, 1.82) is 0 Å². The minimum absolute atomic E-state index is 0.0704. The lowest BCUT2D eigenvalue weighted by molar-refractivity contribution is -0.274. The molecule has 0 aliphatic carbocycles. The van der Waals surface area contributed by atoms with Gasteiger partial charge in [-0.25, -0.2) is 18.0 Å². The molecule has 3 amide bonds. The molecule has 5 N–H and O–H groups in total. The van der Waals surface area contributed by atoms with Gasteiger partial charge in [0, 0.05) is 11.3 Å². The minimum atomic E-state index is -4.83. The third-order valence-electron chi connectivity index (χ3n) is 5.72. The lowest BCUT2D eigenvalue weighted by atomic mass is 10.0. The van der Waals surface area contributed by atoms with Gasteiger partial charge in [-0.3, -0.25) is 10.1 Å². The van der Waals surface area contributed by atoms with Crippen LogP contribution in [0.4, 0.5) is 18.0 Å². The van der Waals surface area contributed by atoms with Crippen LogP contribution in [0.25, 0.3) is 0 Å². The highest BCUT2D eigenvalue weighted by Crippen LogP contribution is 2.41. The van der Waals surface area contributed by atoms with Crippen LogP contribution in [0.15, 0.2) is 59.5 Å². The third-order valence-corrected chi connectivity index (χ3v) is 9.59. The molecule has 1 aliphatic heterocycles. The Bertz CT molecular complexity index is 1320. The maximum atomic E-state index is 13.0. The lowest BCUT2D eigenvalue weighted by Crippen LogP contribution is -2.57. The summed E-state index contributed by atoms with van der Waals surface area (Å²) in [6.07, 6.45) is -4.83. The SMILES string of the molecule is CC1(C)SC(S(=O)(=O)c2ccccc2)NC1C(=O)NC(CNC(=O)NCc1ccc(OC(F)(F)F)cc1)C(=O)O. The first-order valence-corrected chi connectivity index (χ1v) is 14.1. The topological polar surface area (TPSA) is 163 Å². The molecule has 0 saturated carbocycles. The molecule has 2 aromatic carbocycles. The molecule has 0 radical (unpaired) electrons. The van der Waals surface area contributed by atoms with Gasteiger partial charge in [-0.15, -0.1) is 24.9 Å². The molecule has 1 aliphatic rings. The van der Waals surface area contributed by atoms with E-state index in [2.05, 4.69) is 26.0 Å². The fourth-order valence-corrected chi connectivity index (χ4v) is 7.45. The Morgan fingerprint density at radius 1 is 1.07 bits per heavy atom. The van der Waals surface area contributed by atoms with E-state index in [1.807, 2.05) is 0 Å². The van der Waals surface area contributed by atoms with Gasteiger partial charge in [0.05, 0.1) is 11.4 Å². The van der Waals surface area contributed by atoms with Crippen LogP contribution in [0.1, 0.15) is 19.4 Å². The summed E-state index contributed by atoms with van der Waals surface area (Å²) in [6, 6.07) is 9.06. The summed E-state index contributed by atoms with van der Waals surface area (Å²) < 4.78 is 64.5. The van der Waals surface area contributed by atoms with E-state index in [1.54, 1.807) is 32.0 Å². The van der Waals surface area contributed by atoms with Crippen LogP contribution in [0.5, 0.6) is 5.75 Å². The smallest absolute Gasteiger partial charge is 0.480 e. The van der Waals surface area contributed by atoms with Gasteiger partial charge in [0.15, 0.2) is 4.71 Å². The molecule has 16 heteroatoms. The van der Waals surface area contributed by atoms with Crippen molar-refractivity contribution in [2.45, 2.75) is 53.2 Å². The Hall–Kier alpha value is -3.50. The predicted molar refractivity (Wildman–Crippen MR) is 139 cm³/mol. The van der Waals surface area contributed by atoms with Gasteiger partial charge < -0.3 is 25.8 Å². The van der Waals surface area contributed by atoms with Crippen LogP contribution in [-0.2, 0) is 26.0 Å². The van der Waals surface area contributed by atoms with Crippen LogP contribution < -0.4 is 26.0 Å². The van der Waals surface area contributed by atoms with Crippen molar-refractivity contribution in [2.24, 2.45) is 0 Å². The van der Waals surface area contributed by atoms with Crippen molar-refractivity contribution in [3.63, 3.8) is 0 Å². The number of ether oxygens (including phenoxy) is 1. The number of aliphatic carboxylic acids is 1. The highest BCUT2D eigenvalue weighted by Gasteiger charge is 2.50. The molecule has 1 fully saturated rings. The predicted octanol–water partition coefficient (Wildman–Crippen LogP) is 2.19. The molecule has 218 valence electrons. The molecular formula is C24H27F3N4O7S2. The van der Waals surface area contributed by atoms with Crippen molar-refractivity contribution in [3.05, 3.63) is 60.2 Å². The Morgan fingerprint density at radius 2 is 1.70 bits per heavy atom. The van der Waals surface area contributed by atoms with E-state index < -0.39 is 67.9 Å². The largest absolute Gasteiger partial charge is 0.573 e. The van der Waals surface area contributed by atoms with Crippen LogP contribution in [0.3, 0.4) is 0 Å². The van der Waals surface area contributed by atoms with Gasteiger partial charge in [0.2, 0.25) is 15.7 Å². The average Bonchev–Trinajstić information content (AvgIpc) is 3.21. The summed E-state index contributed by atoms with van der Waals surface area (Å²) in [5.74, 6) is -2.63.